The molecule has 1 aromatic heterocycles. The third-order valence-corrected chi connectivity index (χ3v) is 6.94. The normalized spacial score (nSPS) is 17.5. The van der Waals surface area contributed by atoms with Crippen molar-refractivity contribution >= 4 is 22.8 Å². The molecule has 0 bridgehead atoms. The lowest BCUT2D eigenvalue weighted by molar-refractivity contribution is -0.126. The summed E-state index contributed by atoms with van der Waals surface area (Å²) in [5.41, 5.74) is 5.29. The van der Waals surface area contributed by atoms with Crippen molar-refractivity contribution in [2.75, 3.05) is 26.1 Å². The van der Waals surface area contributed by atoms with E-state index in [0.29, 0.717) is 12.5 Å². The van der Waals surface area contributed by atoms with E-state index >= 15 is 0 Å². The molecule has 184 valence electrons. The first kappa shape index (κ1) is 24.5. The topological polar surface area (TPSA) is 76.6 Å². The van der Waals surface area contributed by atoms with Crippen molar-refractivity contribution in [3.8, 4) is 22.6 Å². The zero-order chi connectivity index (χ0) is 25.1. The molecule has 35 heavy (non-hydrogen) atoms. The molecule has 0 radical (unpaired) electrons. The summed E-state index contributed by atoms with van der Waals surface area (Å²) in [4.78, 5) is 23.4. The summed E-state index contributed by atoms with van der Waals surface area (Å²) >= 11 is 0. The van der Waals surface area contributed by atoms with Crippen LogP contribution in [0.25, 0.3) is 22.0 Å². The standard InChI is InChI=1S/C28H34N4O3/c1-7-21-13-20(16-32(21)26(33)9-3)30-28-29-15-19-12-18(10-11-23(19)31-28)27-17(4)24(34-5)14-25(35-6)22(27)8-2/h9-12,14-15,20-21H,3,7-8,13,16H2,1-2,4-6H3,(H,29,30,31). The van der Waals surface area contributed by atoms with E-state index in [1.54, 1.807) is 14.2 Å². The first-order chi connectivity index (χ1) is 16.9. The predicted octanol–water partition coefficient (Wildman–Crippen LogP) is 5.16. The van der Waals surface area contributed by atoms with Crippen LogP contribution in [-0.2, 0) is 11.2 Å². The first-order valence-corrected chi connectivity index (χ1v) is 12.1. The summed E-state index contributed by atoms with van der Waals surface area (Å²) in [6.45, 7) is 10.6. The van der Waals surface area contributed by atoms with E-state index in [4.69, 9.17) is 14.5 Å². The third-order valence-electron chi connectivity index (χ3n) is 6.94. The number of anilines is 1. The summed E-state index contributed by atoms with van der Waals surface area (Å²) in [5, 5.41) is 4.38. The highest BCUT2D eigenvalue weighted by Crippen LogP contribution is 2.40. The molecule has 1 amide bonds. The van der Waals surface area contributed by atoms with Gasteiger partial charge in [0, 0.05) is 41.8 Å². The van der Waals surface area contributed by atoms with Crippen LogP contribution in [0.2, 0.25) is 0 Å². The number of aromatic nitrogens is 2. The SMILES string of the molecule is C=CC(=O)N1CC(Nc2ncc3cc(-c4c(C)c(OC)cc(OC)c4CC)ccc3n2)CC1CC. The maximum atomic E-state index is 12.2. The molecule has 1 aliphatic rings. The summed E-state index contributed by atoms with van der Waals surface area (Å²) in [7, 11) is 3.37. The number of ether oxygens (including phenoxy) is 2. The number of nitrogens with one attached hydrogen (secondary N) is 1. The highest BCUT2D eigenvalue weighted by atomic mass is 16.5. The zero-order valence-electron chi connectivity index (χ0n) is 21.2. The lowest BCUT2D eigenvalue weighted by atomic mass is 9.91. The largest absolute Gasteiger partial charge is 0.496 e. The van der Waals surface area contributed by atoms with Crippen LogP contribution >= 0.6 is 0 Å². The number of hydrogen-bond acceptors (Lipinski definition) is 6. The van der Waals surface area contributed by atoms with Gasteiger partial charge in [-0.2, -0.15) is 0 Å². The Kier molecular flexibility index (Phi) is 7.24. The second kappa shape index (κ2) is 10.3. The highest BCUT2D eigenvalue weighted by molar-refractivity contribution is 5.88. The van der Waals surface area contributed by atoms with Crippen molar-refractivity contribution in [2.45, 2.75) is 52.1 Å². The molecule has 7 heteroatoms. The van der Waals surface area contributed by atoms with Crippen LogP contribution in [0.15, 0.2) is 43.1 Å². The molecule has 2 atom stereocenters. The van der Waals surface area contributed by atoms with E-state index in [9.17, 15) is 4.79 Å². The summed E-state index contributed by atoms with van der Waals surface area (Å²) < 4.78 is 11.3. The molecule has 4 rings (SSSR count). The molecule has 1 N–H and O–H groups in total. The Morgan fingerprint density at radius 2 is 2.00 bits per heavy atom. The number of carbonyl (C=O) groups is 1. The predicted molar refractivity (Wildman–Crippen MR) is 140 cm³/mol. The van der Waals surface area contributed by atoms with Gasteiger partial charge in [0.15, 0.2) is 0 Å². The number of rotatable bonds is 8. The Labute approximate surface area is 207 Å². The second-order valence-electron chi connectivity index (χ2n) is 8.91. The van der Waals surface area contributed by atoms with Gasteiger partial charge in [-0.05, 0) is 61.1 Å². The number of likely N-dealkylation sites (tertiary alicyclic amines) is 1. The van der Waals surface area contributed by atoms with Gasteiger partial charge in [-0.25, -0.2) is 9.97 Å². The molecular weight excluding hydrogens is 440 g/mol. The maximum Gasteiger partial charge on any atom is 0.246 e. The number of methoxy groups -OCH3 is 2. The maximum absolute atomic E-state index is 12.2. The lowest BCUT2D eigenvalue weighted by Crippen LogP contribution is -2.34. The van der Waals surface area contributed by atoms with Gasteiger partial charge in [-0.15, -0.1) is 0 Å². The molecule has 1 saturated heterocycles. The summed E-state index contributed by atoms with van der Waals surface area (Å²) in [6, 6.07) is 8.50. The molecular formula is C28H34N4O3. The van der Waals surface area contributed by atoms with Gasteiger partial charge in [0.2, 0.25) is 11.9 Å². The van der Waals surface area contributed by atoms with Crippen LogP contribution in [0.5, 0.6) is 11.5 Å². The molecule has 0 saturated carbocycles. The Morgan fingerprint density at radius 3 is 2.66 bits per heavy atom. The van der Waals surface area contributed by atoms with Gasteiger partial charge in [0.1, 0.15) is 11.5 Å². The molecule has 7 nitrogen and oxygen atoms in total. The smallest absolute Gasteiger partial charge is 0.246 e. The van der Waals surface area contributed by atoms with Crippen molar-refractivity contribution in [2.24, 2.45) is 0 Å². The summed E-state index contributed by atoms with van der Waals surface area (Å²) in [6.07, 6.45) is 5.86. The minimum absolute atomic E-state index is 0.0241. The van der Waals surface area contributed by atoms with Crippen LogP contribution in [0.3, 0.4) is 0 Å². The van der Waals surface area contributed by atoms with E-state index in [1.165, 1.54) is 6.08 Å². The quantitative estimate of drug-likeness (QED) is 0.455. The monoisotopic (exact) mass is 474 g/mol. The Hall–Kier alpha value is -3.61. The molecule has 3 aromatic rings. The van der Waals surface area contributed by atoms with Crippen LogP contribution in [0, 0.1) is 6.92 Å². The molecule has 0 aliphatic carbocycles. The van der Waals surface area contributed by atoms with E-state index in [2.05, 4.69) is 49.8 Å². The van der Waals surface area contributed by atoms with Crippen LogP contribution in [-0.4, -0.2) is 53.6 Å². The zero-order valence-corrected chi connectivity index (χ0v) is 21.2. The first-order valence-electron chi connectivity index (χ1n) is 12.1. The fourth-order valence-electron chi connectivity index (χ4n) is 5.16. The van der Waals surface area contributed by atoms with Crippen molar-refractivity contribution in [3.05, 3.63) is 54.2 Å². The number of benzene rings is 2. The van der Waals surface area contributed by atoms with Crippen molar-refractivity contribution < 1.29 is 14.3 Å². The van der Waals surface area contributed by atoms with E-state index in [1.807, 2.05) is 23.2 Å². The van der Waals surface area contributed by atoms with Crippen molar-refractivity contribution in [1.82, 2.24) is 14.9 Å². The Bertz CT molecular complexity index is 1260. The van der Waals surface area contributed by atoms with Crippen molar-refractivity contribution in [3.63, 3.8) is 0 Å². The Morgan fingerprint density at radius 1 is 1.23 bits per heavy atom. The number of carbonyl (C=O) groups excluding carboxylic acids is 1. The van der Waals surface area contributed by atoms with Gasteiger partial charge in [-0.1, -0.05) is 26.5 Å². The third kappa shape index (κ3) is 4.67. The van der Waals surface area contributed by atoms with Crippen molar-refractivity contribution in [1.29, 1.82) is 0 Å². The second-order valence-corrected chi connectivity index (χ2v) is 8.91. The van der Waals surface area contributed by atoms with Gasteiger partial charge in [-0.3, -0.25) is 4.79 Å². The average molecular weight is 475 g/mol. The lowest BCUT2D eigenvalue weighted by Gasteiger charge is -2.21. The number of fused-ring (bicyclic) bond motifs is 1. The molecule has 2 unspecified atom stereocenters. The van der Waals surface area contributed by atoms with E-state index < -0.39 is 0 Å². The van der Waals surface area contributed by atoms with Gasteiger partial charge < -0.3 is 19.7 Å². The number of nitrogens with zero attached hydrogens (tertiary/aromatic N) is 3. The van der Waals surface area contributed by atoms with Crippen LogP contribution < -0.4 is 14.8 Å². The van der Waals surface area contributed by atoms with Gasteiger partial charge in [0.05, 0.1) is 19.7 Å². The van der Waals surface area contributed by atoms with Gasteiger partial charge >= 0.3 is 0 Å². The minimum atomic E-state index is -0.0241. The summed E-state index contributed by atoms with van der Waals surface area (Å²) in [5.74, 6) is 2.18. The number of amides is 1. The molecule has 1 fully saturated rings. The molecule has 2 aromatic carbocycles. The highest BCUT2D eigenvalue weighted by Gasteiger charge is 2.33. The fourth-order valence-corrected chi connectivity index (χ4v) is 5.16. The minimum Gasteiger partial charge on any atom is -0.496 e. The van der Waals surface area contributed by atoms with E-state index in [0.717, 1.165) is 63.9 Å². The molecule has 2 heterocycles. The van der Waals surface area contributed by atoms with Crippen LogP contribution in [0.1, 0.15) is 37.8 Å². The van der Waals surface area contributed by atoms with Gasteiger partial charge in [0.25, 0.3) is 0 Å². The average Bonchev–Trinajstić information content (AvgIpc) is 3.30. The fraction of sp³-hybridized carbons (Fsp3) is 0.393. The van der Waals surface area contributed by atoms with Crippen LogP contribution in [0.4, 0.5) is 5.95 Å². The molecule has 1 aliphatic heterocycles. The Balaban J connectivity index is 1.64. The number of hydrogen-bond donors (Lipinski definition) is 1. The molecule has 0 spiro atoms. The van der Waals surface area contributed by atoms with E-state index in [-0.39, 0.29) is 18.0 Å².